The molecule has 1 aliphatic rings. The highest BCUT2D eigenvalue weighted by molar-refractivity contribution is 5.23. The Hall–Kier alpha value is -0.860. The molecule has 0 radical (unpaired) electrons. The van der Waals surface area contributed by atoms with Crippen LogP contribution in [0.1, 0.15) is 56.6 Å². The Morgan fingerprint density at radius 2 is 1.90 bits per heavy atom. The van der Waals surface area contributed by atoms with Gasteiger partial charge in [0, 0.05) is 12.6 Å². The molecule has 1 saturated carbocycles. The first-order valence-corrected chi connectivity index (χ1v) is 8.11. The molecule has 1 aliphatic carbocycles. The lowest BCUT2D eigenvalue weighted by atomic mass is 9.83. The number of rotatable bonds is 5. The molecular weight excluding hydrogens is 246 g/mol. The van der Waals surface area contributed by atoms with Crippen LogP contribution in [0.2, 0.25) is 0 Å². The van der Waals surface area contributed by atoms with E-state index < -0.39 is 0 Å². The quantitative estimate of drug-likeness (QED) is 0.825. The fourth-order valence-electron chi connectivity index (χ4n) is 3.52. The van der Waals surface area contributed by atoms with Crippen LogP contribution in [0.4, 0.5) is 0 Å². The highest BCUT2D eigenvalue weighted by atomic mass is 16.5. The summed E-state index contributed by atoms with van der Waals surface area (Å²) in [5.41, 5.74) is 9.13. The zero-order chi connectivity index (χ0) is 14.4. The molecule has 1 aromatic carbocycles. The van der Waals surface area contributed by atoms with Gasteiger partial charge in [-0.25, -0.2) is 0 Å². The summed E-state index contributed by atoms with van der Waals surface area (Å²) in [7, 11) is 0. The topological polar surface area (TPSA) is 35.2 Å². The van der Waals surface area contributed by atoms with Crippen molar-refractivity contribution < 1.29 is 4.74 Å². The van der Waals surface area contributed by atoms with Crippen LogP contribution in [0.25, 0.3) is 0 Å². The summed E-state index contributed by atoms with van der Waals surface area (Å²) >= 11 is 0. The number of aryl methyl sites for hydroxylation is 1. The van der Waals surface area contributed by atoms with Crippen LogP contribution in [0, 0.1) is 6.92 Å². The van der Waals surface area contributed by atoms with Crippen LogP contribution in [-0.4, -0.2) is 18.2 Å². The first-order chi connectivity index (χ1) is 9.66. The summed E-state index contributed by atoms with van der Waals surface area (Å²) in [6.07, 6.45) is 8.31. The Kier molecular flexibility index (Phi) is 5.62. The monoisotopic (exact) mass is 275 g/mol. The molecule has 1 fully saturated rings. The van der Waals surface area contributed by atoms with Crippen molar-refractivity contribution in [2.24, 2.45) is 5.73 Å². The van der Waals surface area contributed by atoms with E-state index in [4.69, 9.17) is 10.5 Å². The van der Waals surface area contributed by atoms with E-state index in [1.54, 1.807) is 0 Å². The third-order valence-electron chi connectivity index (χ3n) is 4.60. The number of nitrogens with two attached hydrogens (primary N) is 1. The summed E-state index contributed by atoms with van der Waals surface area (Å²) in [5, 5.41) is 0. The van der Waals surface area contributed by atoms with Gasteiger partial charge in [0.25, 0.3) is 0 Å². The molecule has 0 amide bonds. The van der Waals surface area contributed by atoms with Crippen molar-refractivity contribution in [2.45, 2.75) is 70.4 Å². The summed E-state index contributed by atoms with van der Waals surface area (Å²) in [5.74, 6) is 0. The molecule has 2 N–H and O–H groups in total. The van der Waals surface area contributed by atoms with Gasteiger partial charge in [0.15, 0.2) is 0 Å². The third-order valence-corrected chi connectivity index (χ3v) is 4.60. The smallest absolute Gasteiger partial charge is 0.0835 e. The van der Waals surface area contributed by atoms with E-state index >= 15 is 0 Å². The minimum Gasteiger partial charge on any atom is -0.374 e. The van der Waals surface area contributed by atoms with Gasteiger partial charge in [0.2, 0.25) is 0 Å². The second-order valence-electron chi connectivity index (χ2n) is 6.21. The Balaban J connectivity index is 2.11. The fraction of sp³-hybridized carbons (Fsp3) is 0.667. The SMILES string of the molecule is CCOC1(C(N)Cc2cccc(C)c2)CCCCCC1. The van der Waals surface area contributed by atoms with E-state index in [1.807, 2.05) is 0 Å². The molecule has 0 aromatic heterocycles. The van der Waals surface area contributed by atoms with Crippen molar-refractivity contribution in [2.75, 3.05) is 6.61 Å². The highest BCUT2D eigenvalue weighted by Gasteiger charge is 2.37. The van der Waals surface area contributed by atoms with Gasteiger partial charge in [-0.3, -0.25) is 0 Å². The maximum Gasteiger partial charge on any atom is 0.0835 e. The number of hydrogen-bond acceptors (Lipinski definition) is 2. The maximum atomic E-state index is 6.60. The largest absolute Gasteiger partial charge is 0.374 e. The van der Waals surface area contributed by atoms with Gasteiger partial charge >= 0.3 is 0 Å². The summed E-state index contributed by atoms with van der Waals surface area (Å²) in [6, 6.07) is 8.79. The lowest BCUT2D eigenvalue weighted by Gasteiger charge is -2.38. The molecular formula is C18H29NO. The molecule has 112 valence electrons. The summed E-state index contributed by atoms with van der Waals surface area (Å²) in [4.78, 5) is 0. The predicted octanol–water partition coefficient (Wildman–Crippen LogP) is 3.99. The standard InChI is InChI=1S/C18H29NO/c1-3-20-18(11-6-4-5-7-12-18)17(19)14-16-10-8-9-15(2)13-16/h8-10,13,17H,3-7,11-12,14,19H2,1-2H3. The molecule has 1 unspecified atom stereocenters. The number of hydrogen-bond donors (Lipinski definition) is 1. The molecule has 0 saturated heterocycles. The van der Waals surface area contributed by atoms with Crippen molar-refractivity contribution in [3.63, 3.8) is 0 Å². The summed E-state index contributed by atoms with van der Waals surface area (Å²) < 4.78 is 6.19. The van der Waals surface area contributed by atoms with Crippen LogP contribution in [0.15, 0.2) is 24.3 Å². The van der Waals surface area contributed by atoms with Gasteiger partial charge in [-0.1, -0.05) is 55.5 Å². The summed E-state index contributed by atoms with van der Waals surface area (Å²) in [6.45, 7) is 4.99. The van der Waals surface area contributed by atoms with Crippen LogP contribution in [-0.2, 0) is 11.2 Å². The molecule has 2 nitrogen and oxygen atoms in total. The van der Waals surface area contributed by atoms with Crippen LogP contribution >= 0.6 is 0 Å². The minimum absolute atomic E-state index is 0.0994. The van der Waals surface area contributed by atoms with Crippen molar-refractivity contribution >= 4 is 0 Å². The average Bonchev–Trinajstić information content (AvgIpc) is 2.66. The van der Waals surface area contributed by atoms with Crippen molar-refractivity contribution in [1.82, 2.24) is 0 Å². The lowest BCUT2D eigenvalue weighted by molar-refractivity contribution is -0.0683. The van der Waals surface area contributed by atoms with E-state index in [0.717, 1.165) is 25.9 Å². The van der Waals surface area contributed by atoms with Gasteiger partial charge in [-0.2, -0.15) is 0 Å². The Morgan fingerprint density at radius 3 is 2.50 bits per heavy atom. The van der Waals surface area contributed by atoms with Gasteiger partial charge in [-0.15, -0.1) is 0 Å². The van der Waals surface area contributed by atoms with Crippen LogP contribution in [0.5, 0.6) is 0 Å². The Morgan fingerprint density at radius 1 is 1.20 bits per heavy atom. The second-order valence-corrected chi connectivity index (χ2v) is 6.21. The molecule has 1 aromatic rings. The van der Waals surface area contributed by atoms with Crippen LogP contribution < -0.4 is 5.73 Å². The maximum absolute atomic E-state index is 6.60. The van der Waals surface area contributed by atoms with Gasteiger partial charge in [0.05, 0.1) is 5.60 Å². The average molecular weight is 275 g/mol. The van der Waals surface area contributed by atoms with E-state index in [-0.39, 0.29) is 11.6 Å². The molecule has 2 rings (SSSR count). The Labute approximate surface area is 123 Å². The van der Waals surface area contributed by atoms with E-state index in [2.05, 4.69) is 38.1 Å². The van der Waals surface area contributed by atoms with Gasteiger partial charge < -0.3 is 10.5 Å². The zero-order valence-electron chi connectivity index (χ0n) is 13.0. The highest BCUT2D eigenvalue weighted by Crippen LogP contribution is 2.34. The molecule has 0 heterocycles. The first kappa shape index (κ1) is 15.5. The molecule has 2 heteroatoms. The van der Waals surface area contributed by atoms with E-state index in [9.17, 15) is 0 Å². The van der Waals surface area contributed by atoms with E-state index in [0.29, 0.717) is 0 Å². The Bertz CT molecular complexity index is 408. The normalized spacial score (nSPS) is 20.4. The first-order valence-electron chi connectivity index (χ1n) is 8.11. The predicted molar refractivity (Wildman–Crippen MR) is 84.9 cm³/mol. The number of ether oxygens (including phenoxy) is 1. The van der Waals surface area contributed by atoms with Crippen molar-refractivity contribution in [3.8, 4) is 0 Å². The van der Waals surface area contributed by atoms with Crippen molar-refractivity contribution in [3.05, 3.63) is 35.4 Å². The molecule has 0 spiro atoms. The van der Waals surface area contributed by atoms with Gasteiger partial charge in [0.1, 0.15) is 0 Å². The third kappa shape index (κ3) is 3.83. The van der Waals surface area contributed by atoms with Crippen molar-refractivity contribution in [1.29, 1.82) is 0 Å². The fourth-order valence-corrected chi connectivity index (χ4v) is 3.52. The van der Waals surface area contributed by atoms with Crippen LogP contribution in [0.3, 0.4) is 0 Å². The number of benzene rings is 1. The van der Waals surface area contributed by atoms with E-state index in [1.165, 1.54) is 36.8 Å². The molecule has 1 atom stereocenters. The second kappa shape index (κ2) is 7.24. The molecule has 0 aliphatic heterocycles. The van der Waals surface area contributed by atoms with Gasteiger partial charge in [-0.05, 0) is 38.7 Å². The molecule has 20 heavy (non-hydrogen) atoms. The zero-order valence-corrected chi connectivity index (χ0v) is 13.0. The molecule has 0 bridgehead atoms. The lowest BCUT2D eigenvalue weighted by Crippen LogP contribution is -2.51. The minimum atomic E-state index is -0.102.